The Morgan fingerprint density at radius 1 is 1.56 bits per heavy atom. The molecule has 16 heavy (non-hydrogen) atoms. The monoisotopic (exact) mass is 223 g/mol. The molecule has 0 spiro atoms. The van der Waals surface area contributed by atoms with Crippen molar-refractivity contribution in [3.05, 3.63) is 18.3 Å². The molecule has 4 heteroatoms. The Morgan fingerprint density at radius 3 is 3.00 bits per heavy atom. The Morgan fingerprint density at radius 2 is 2.38 bits per heavy atom. The first-order chi connectivity index (χ1) is 7.80. The van der Waals surface area contributed by atoms with E-state index in [2.05, 4.69) is 17.2 Å². The maximum absolute atomic E-state index is 5.72. The highest BCUT2D eigenvalue weighted by Crippen LogP contribution is 2.15. The number of nitrogens with zero attached hydrogens (tertiary/aromatic N) is 1. The molecule has 0 saturated carbocycles. The summed E-state index contributed by atoms with van der Waals surface area (Å²) in [6, 6.07) is 4.14. The Kier molecular flexibility index (Phi) is 5.64. The molecule has 1 heterocycles. The largest absolute Gasteiger partial charge is 0.481 e. The number of hydrogen-bond donors (Lipinski definition) is 2. The van der Waals surface area contributed by atoms with Crippen LogP contribution in [0.15, 0.2) is 18.3 Å². The smallest absolute Gasteiger partial charge is 0.214 e. The normalized spacial score (nSPS) is 12.2. The second-order valence-electron chi connectivity index (χ2n) is 3.81. The van der Waals surface area contributed by atoms with Crippen LogP contribution >= 0.6 is 0 Å². The number of pyridine rings is 1. The van der Waals surface area contributed by atoms with E-state index in [0.29, 0.717) is 18.5 Å². The van der Waals surface area contributed by atoms with E-state index < -0.39 is 0 Å². The summed E-state index contributed by atoms with van der Waals surface area (Å²) in [6.07, 6.45) is 5.21. The first kappa shape index (κ1) is 12.8. The summed E-state index contributed by atoms with van der Waals surface area (Å²) in [5.41, 5.74) is 6.73. The molecule has 0 saturated heterocycles. The van der Waals surface area contributed by atoms with Crippen molar-refractivity contribution in [1.29, 1.82) is 0 Å². The third kappa shape index (κ3) is 4.06. The molecule has 0 aliphatic rings. The summed E-state index contributed by atoms with van der Waals surface area (Å²) < 4.78 is 5.07. The molecule has 1 aromatic rings. The number of anilines is 1. The van der Waals surface area contributed by atoms with Crippen molar-refractivity contribution < 1.29 is 4.74 Å². The lowest BCUT2D eigenvalue weighted by Crippen LogP contribution is -2.28. The van der Waals surface area contributed by atoms with E-state index in [-0.39, 0.29) is 0 Å². The van der Waals surface area contributed by atoms with E-state index in [4.69, 9.17) is 10.5 Å². The van der Waals surface area contributed by atoms with Gasteiger partial charge in [-0.05, 0) is 12.5 Å². The van der Waals surface area contributed by atoms with Gasteiger partial charge in [-0.15, -0.1) is 0 Å². The molecule has 1 rings (SSSR count). The highest BCUT2D eigenvalue weighted by molar-refractivity contribution is 5.45. The SMILES string of the molecule is CCCCC(CN)Nc1ccnc(OC)c1. The minimum Gasteiger partial charge on any atom is -0.481 e. The van der Waals surface area contributed by atoms with Crippen LogP contribution in [-0.2, 0) is 0 Å². The van der Waals surface area contributed by atoms with Crippen LogP contribution < -0.4 is 15.8 Å². The fourth-order valence-corrected chi connectivity index (χ4v) is 1.55. The molecular formula is C12H21N3O. The summed E-state index contributed by atoms with van der Waals surface area (Å²) in [6.45, 7) is 2.83. The number of hydrogen-bond acceptors (Lipinski definition) is 4. The van der Waals surface area contributed by atoms with E-state index in [1.54, 1.807) is 13.3 Å². The van der Waals surface area contributed by atoms with Crippen molar-refractivity contribution in [2.75, 3.05) is 19.0 Å². The fraction of sp³-hybridized carbons (Fsp3) is 0.583. The first-order valence-electron chi connectivity index (χ1n) is 5.76. The van der Waals surface area contributed by atoms with Crippen LogP contribution in [0, 0.1) is 0 Å². The third-order valence-electron chi connectivity index (χ3n) is 2.51. The van der Waals surface area contributed by atoms with Crippen molar-refractivity contribution in [3.8, 4) is 5.88 Å². The maximum atomic E-state index is 5.72. The van der Waals surface area contributed by atoms with Gasteiger partial charge in [0, 0.05) is 30.5 Å². The molecule has 0 amide bonds. The average Bonchev–Trinajstić information content (AvgIpc) is 2.34. The maximum Gasteiger partial charge on any atom is 0.214 e. The van der Waals surface area contributed by atoms with E-state index in [1.807, 2.05) is 12.1 Å². The van der Waals surface area contributed by atoms with Gasteiger partial charge in [0.2, 0.25) is 5.88 Å². The van der Waals surface area contributed by atoms with Crippen molar-refractivity contribution in [2.24, 2.45) is 5.73 Å². The van der Waals surface area contributed by atoms with E-state index in [9.17, 15) is 0 Å². The summed E-state index contributed by atoms with van der Waals surface area (Å²) in [4.78, 5) is 4.06. The van der Waals surface area contributed by atoms with Crippen LogP contribution in [0.25, 0.3) is 0 Å². The number of unbranched alkanes of at least 4 members (excludes halogenated alkanes) is 1. The second kappa shape index (κ2) is 7.06. The van der Waals surface area contributed by atoms with E-state index in [1.165, 1.54) is 12.8 Å². The predicted octanol–water partition coefficient (Wildman–Crippen LogP) is 2.02. The van der Waals surface area contributed by atoms with Gasteiger partial charge in [0.15, 0.2) is 0 Å². The van der Waals surface area contributed by atoms with Crippen molar-refractivity contribution in [3.63, 3.8) is 0 Å². The minimum atomic E-state index is 0.326. The van der Waals surface area contributed by atoms with Gasteiger partial charge in [-0.2, -0.15) is 0 Å². The van der Waals surface area contributed by atoms with Gasteiger partial charge in [0.25, 0.3) is 0 Å². The molecule has 3 N–H and O–H groups in total. The van der Waals surface area contributed by atoms with Gasteiger partial charge in [0.05, 0.1) is 7.11 Å². The molecule has 0 aliphatic heterocycles. The van der Waals surface area contributed by atoms with Crippen LogP contribution in [0.1, 0.15) is 26.2 Å². The predicted molar refractivity (Wildman–Crippen MR) is 66.8 cm³/mol. The highest BCUT2D eigenvalue weighted by Gasteiger charge is 2.06. The van der Waals surface area contributed by atoms with E-state index in [0.717, 1.165) is 12.1 Å². The zero-order valence-electron chi connectivity index (χ0n) is 10.1. The molecular weight excluding hydrogens is 202 g/mol. The standard InChI is InChI=1S/C12H21N3O/c1-3-4-5-11(9-13)15-10-6-7-14-12(8-10)16-2/h6-8,11H,3-5,9,13H2,1-2H3,(H,14,15). The fourth-order valence-electron chi connectivity index (χ4n) is 1.55. The molecule has 1 atom stereocenters. The number of aromatic nitrogens is 1. The van der Waals surface area contributed by atoms with Gasteiger partial charge < -0.3 is 15.8 Å². The Hall–Kier alpha value is -1.29. The van der Waals surface area contributed by atoms with Gasteiger partial charge >= 0.3 is 0 Å². The summed E-state index contributed by atoms with van der Waals surface area (Å²) in [5.74, 6) is 0.622. The van der Waals surface area contributed by atoms with Gasteiger partial charge in [0.1, 0.15) is 0 Å². The molecule has 1 aromatic heterocycles. The van der Waals surface area contributed by atoms with Gasteiger partial charge in [-0.1, -0.05) is 19.8 Å². The lowest BCUT2D eigenvalue weighted by atomic mass is 10.1. The molecule has 1 unspecified atom stereocenters. The highest BCUT2D eigenvalue weighted by atomic mass is 16.5. The van der Waals surface area contributed by atoms with Gasteiger partial charge in [-0.3, -0.25) is 0 Å². The van der Waals surface area contributed by atoms with E-state index >= 15 is 0 Å². The van der Waals surface area contributed by atoms with Crippen LogP contribution in [-0.4, -0.2) is 24.7 Å². The quantitative estimate of drug-likeness (QED) is 0.742. The summed E-state index contributed by atoms with van der Waals surface area (Å²) in [7, 11) is 1.61. The molecule has 0 aromatic carbocycles. The van der Waals surface area contributed by atoms with Crippen LogP contribution in [0.5, 0.6) is 5.88 Å². The average molecular weight is 223 g/mol. The third-order valence-corrected chi connectivity index (χ3v) is 2.51. The van der Waals surface area contributed by atoms with Crippen molar-refractivity contribution in [2.45, 2.75) is 32.2 Å². The topological polar surface area (TPSA) is 60.2 Å². The number of methoxy groups -OCH3 is 1. The summed E-state index contributed by atoms with van der Waals surface area (Å²) >= 11 is 0. The second-order valence-corrected chi connectivity index (χ2v) is 3.81. The Labute approximate surface area is 97.2 Å². The minimum absolute atomic E-state index is 0.326. The first-order valence-corrected chi connectivity index (χ1v) is 5.76. The molecule has 0 radical (unpaired) electrons. The zero-order valence-corrected chi connectivity index (χ0v) is 10.1. The lowest BCUT2D eigenvalue weighted by Gasteiger charge is -2.17. The molecule has 0 bridgehead atoms. The van der Waals surface area contributed by atoms with Crippen molar-refractivity contribution in [1.82, 2.24) is 4.98 Å². The molecule has 0 aliphatic carbocycles. The number of ether oxygens (including phenoxy) is 1. The molecule has 4 nitrogen and oxygen atoms in total. The molecule has 0 fully saturated rings. The van der Waals surface area contributed by atoms with Gasteiger partial charge in [-0.25, -0.2) is 4.98 Å². The van der Waals surface area contributed by atoms with Crippen LogP contribution in [0.3, 0.4) is 0 Å². The zero-order chi connectivity index (χ0) is 11.8. The van der Waals surface area contributed by atoms with Crippen LogP contribution in [0.4, 0.5) is 5.69 Å². The Bertz CT molecular complexity index is 304. The van der Waals surface area contributed by atoms with Crippen molar-refractivity contribution >= 4 is 5.69 Å². The number of nitrogens with two attached hydrogens (primary N) is 1. The van der Waals surface area contributed by atoms with Crippen LogP contribution in [0.2, 0.25) is 0 Å². The number of rotatable bonds is 7. The molecule has 90 valence electrons. The number of nitrogens with one attached hydrogen (secondary N) is 1. The lowest BCUT2D eigenvalue weighted by molar-refractivity contribution is 0.398. The Balaban J connectivity index is 2.55. The summed E-state index contributed by atoms with van der Waals surface area (Å²) in [5, 5.41) is 3.39.